The monoisotopic (exact) mass is 278 g/mol. The highest BCUT2D eigenvalue weighted by Crippen LogP contribution is 2.14. The summed E-state index contributed by atoms with van der Waals surface area (Å²) >= 11 is 0. The molecule has 3 N–H and O–H groups in total. The van der Waals surface area contributed by atoms with Crippen molar-refractivity contribution in [2.45, 2.75) is 39.7 Å². The molecule has 20 heavy (non-hydrogen) atoms. The van der Waals surface area contributed by atoms with Gasteiger partial charge in [0.25, 0.3) is 0 Å². The van der Waals surface area contributed by atoms with Crippen LogP contribution in [0.15, 0.2) is 24.3 Å². The Morgan fingerprint density at radius 3 is 2.40 bits per heavy atom. The SMILES string of the molecule is CC(C)CCC(C)NC(=O)Nc1ccccc1C(=O)O. The van der Waals surface area contributed by atoms with Crippen LogP contribution in [0.1, 0.15) is 44.0 Å². The van der Waals surface area contributed by atoms with E-state index in [1.807, 2.05) is 6.92 Å². The van der Waals surface area contributed by atoms with Crippen LogP contribution in [0.25, 0.3) is 0 Å². The zero-order valence-corrected chi connectivity index (χ0v) is 12.1. The standard InChI is InChI=1S/C15H22N2O3/c1-10(2)8-9-11(3)16-15(20)17-13-7-5-4-6-12(13)14(18)19/h4-7,10-11H,8-9H2,1-3H3,(H,18,19)(H2,16,17,20). The van der Waals surface area contributed by atoms with E-state index in [9.17, 15) is 9.59 Å². The molecule has 0 heterocycles. The van der Waals surface area contributed by atoms with Gasteiger partial charge in [-0.15, -0.1) is 0 Å². The van der Waals surface area contributed by atoms with Crippen molar-refractivity contribution in [3.8, 4) is 0 Å². The predicted octanol–water partition coefficient (Wildman–Crippen LogP) is 3.33. The molecule has 0 fully saturated rings. The number of aromatic carboxylic acids is 1. The quantitative estimate of drug-likeness (QED) is 0.746. The summed E-state index contributed by atoms with van der Waals surface area (Å²) in [6.45, 7) is 6.21. The van der Waals surface area contributed by atoms with Crippen molar-refractivity contribution in [3.63, 3.8) is 0 Å². The lowest BCUT2D eigenvalue weighted by Gasteiger charge is -2.16. The normalized spacial score (nSPS) is 12.0. The lowest BCUT2D eigenvalue weighted by atomic mass is 10.0. The largest absolute Gasteiger partial charge is 0.478 e. The number of carbonyl (C=O) groups excluding carboxylic acids is 1. The summed E-state index contributed by atoms with van der Waals surface area (Å²) in [6, 6.07) is 6.01. The number of rotatable bonds is 6. The maximum atomic E-state index is 11.8. The zero-order chi connectivity index (χ0) is 15.1. The molecule has 1 atom stereocenters. The Balaban J connectivity index is 2.56. The van der Waals surface area contributed by atoms with Crippen LogP contribution in [0.3, 0.4) is 0 Å². The summed E-state index contributed by atoms with van der Waals surface area (Å²) in [5.74, 6) is -0.469. The van der Waals surface area contributed by atoms with Crippen LogP contribution in [0.5, 0.6) is 0 Å². The van der Waals surface area contributed by atoms with Crippen LogP contribution in [0, 0.1) is 5.92 Å². The molecule has 0 saturated heterocycles. The molecule has 0 spiro atoms. The molecular formula is C15H22N2O3. The smallest absolute Gasteiger partial charge is 0.337 e. The van der Waals surface area contributed by atoms with Gasteiger partial charge in [0, 0.05) is 6.04 Å². The average molecular weight is 278 g/mol. The summed E-state index contributed by atoms with van der Waals surface area (Å²) in [6.07, 6.45) is 1.93. The average Bonchev–Trinajstić information content (AvgIpc) is 2.36. The molecule has 0 aliphatic carbocycles. The maximum Gasteiger partial charge on any atom is 0.337 e. The Bertz CT molecular complexity index is 472. The Labute approximate surface area is 119 Å². The van der Waals surface area contributed by atoms with Gasteiger partial charge in [-0.25, -0.2) is 9.59 Å². The van der Waals surface area contributed by atoms with Crippen LogP contribution in [0.2, 0.25) is 0 Å². The first-order valence-corrected chi connectivity index (χ1v) is 6.80. The third kappa shape index (κ3) is 5.30. The van der Waals surface area contributed by atoms with E-state index in [1.165, 1.54) is 6.07 Å². The van der Waals surface area contributed by atoms with Gasteiger partial charge in [-0.3, -0.25) is 0 Å². The lowest BCUT2D eigenvalue weighted by molar-refractivity contribution is 0.0698. The Hall–Kier alpha value is -2.04. The lowest BCUT2D eigenvalue weighted by Crippen LogP contribution is -2.36. The van der Waals surface area contributed by atoms with Gasteiger partial charge < -0.3 is 15.7 Å². The summed E-state index contributed by atoms with van der Waals surface area (Å²) in [4.78, 5) is 22.9. The second-order valence-electron chi connectivity index (χ2n) is 5.32. The molecule has 2 amide bonds. The molecule has 1 rings (SSSR count). The number of carboxylic acid groups (broad SMARTS) is 1. The van der Waals surface area contributed by atoms with E-state index < -0.39 is 5.97 Å². The van der Waals surface area contributed by atoms with Crippen LogP contribution in [-0.4, -0.2) is 23.1 Å². The van der Waals surface area contributed by atoms with Gasteiger partial charge >= 0.3 is 12.0 Å². The van der Waals surface area contributed by atoms with Crippen molar-refractivity contribution in [1.29, 1.82) is 0 Å². The third-order valence-electron chi connectivity index (χ3n) is 2.96. The van der Waals surface area contributed by atoms with E-state index in [0.29, 0.717) is 11.6 Å². The molecule has 5 nitrogen and oxygen atoms in total. The first-order chi connectivity index (χ1) is 9.40. The molecule has 1 aromatic rings. The van der Waals surface area contributed by atoms with Crippen molar-refractivity contribution in [2.75, 3.05) is 5.32 Å². The number of carboxylic acids is 1. The molecule has 0 aromatic heterocycles. The molecule has 1 aromatic carbocycles. The minimum atomic E-state index is -1.06. The fraction of sp³-hybridized carbons (Fsp3) is 0.467. The minimum Gasteiger partial charge on any atom is -0.478 e. The maximum absolute atomic E-state index is 11.8. The molecule has 5 heteroatoms. The molecule has 110 valence electrons. The number of nitrogens with one attached hydrogen (secondary N) is 2. The van der Waals surface area contributed by atoms with E-state index in [2.05, 4.69) is 24.5 Å². The van der Waals surface area contributed by atoms with E-state index >= 15 is 0 Å². The molecule has 0 saturated carbocycles. The number of hydrogen-bond donors (Lipinski definition) is 3. The van der Waals surface area contributed by atoms with E-state index in [0.717, 1.165) is 12.8 Å². The number of para-hydroxylation sites is 1. The first-order valence-electron chi connectivity index (χ1n) is 6.80. The fourth-order valence-corrected chi connectivity index (χ4v) is 1.82. The van der Waals surface area contributed by atoms with Crippen LogP contribution in [0.4, 0.5) is 10.5 Å². The van der Waals surface area contributed by atoms with Gasteiger partial charge in [0.05, 0.1) is 11.3 Å². The number of hydrogen-bond acceptors (Lipinski definition) is 2. The Morgan fingerprint density at radius 2 is 1.80 bits per heavy atom. The summed E-state index contributed by atoms with van der Waals surface area (Å²) in [7, 11) is 0. The first kappa shape index (κ1) is 16.0. The van der Waals surface area contributed by atoms with Crippen molar-refractivity contribution >= 4 is 17.7 Å². The molecule has 1 unspecified atom stereocenters. The zero-order valence-electron chi connectivity index (χ0n) is 12.1. The topological polar surface area (TPSA) is 78.4 Å². The van der Waals surface area contributed by atoms with E-state index in [1.54, 1.807) is 18.2 Å². The van der Waals surface area contributed by atoms with Crippen molar-refractivity contribution in [1.82, 2.24) is 5.32 Å². The number of carbonyl (C=O) groups is 2. The molecule has 0 bridgehead atoms. The second kappa shape index (κ2) is 7.53. The predicted molar refractivity (Wildman–Crippen MR) is 79.1 cm³/mol. The highest BCUT2D eigenvalue weighted by Gasteiger charge is 2.13. The summed E-state index contributed by atoms with van der Waals surface area (Å²) in [5.41, 5.74) is 0.381. The number of amides is 2. The van der Waals surface area contributed by atoms with Gasteiger partial charge in [0.2, 0.25) is 0 Å². The number of urea groups is 1. The molecular weight excluding hydrogens is 256 g/mol. The van der Waals surface area contributed by atoms with Gasteiger partial charge in [-0.1, -0.05) is 26.0 Å². The molecule has 0 aliphatic heterocycles. The van der Waals surface area contributed by atoms with Gasteiger partial charge in [0.1, 0.15) is 0 Å². The van der Waals surface area contributed by atoms with Crippen LogP contribution < -0.4 is 10.6 Å². The fourth-order valence-electron chi connectivity index (χ4n) is 1.82. The highest BCUT2D eigenvalue weighted by molar-refractivity contribution is 5.99. The summed E-state index contributed by atoms with van der Waals surface area (Å²) < 4.78 is 0. The molecule has 0 radical (unpaired) electrons. The Morgan fingerprint density at radius 1 is 1.15 bits per heavy atom. The third-order valence-corrected chi connectivity index (χ3v) is 2.96. The van der Waals surface area contributed by atoms with Crippen molar-refractivity contribution in [2.24, 2.45) is 5.92 Å². The highest BCUT2D eigenvalue weighted by atomic mass is 16.4. The Kier molecular flexibility index (Phi) is 6.03. The van der Waals surface area contributed by atoms with Gasteiger partial charge in [0.15, 0.2) is 0 Å². The summed E-state index contributed by atoms with van der Waals surface area (Å²) in [5, 5.41) is 14.4. The van der Waals surface area contributed by atoms with Crippen molar-refractivity contribution in [3.05, 3.63) is 29.8 Å². The van der Waals surface area contributed by atoms with Crippen LogP contribution >= 0.6 is 0 Å². The molecule has 0 aliphatic rings. The van der Waals surface area contributed by atoms with E-state index in [-0.39, 0.29) is 17.6 Å². The van der Waals surface area contributed by atoms with Gasteiger partial charge in [-0.05, 0) is 37.8 Å². The van der Waals surface area contributed by atoms with Crippen molar-refractivity contribution < 1.29 is 14.7 Å². The van der Waals surface area contributed by atoms with Gasteiger partial charge in [-0.2, -0.15) is 0 Å². The minimum absolute atomic E-state index is 0.0504. The van der Waals surface area contributed by atoms with E-state index in [4.69, 9.17) is 5.11 Å². The van der Waals surface area contributed by atoms with Crippen LogP contribution in [-0.2, 0) is 0 Å². The number of anilines is 1. The number of benzene rings is 1. The second-order valence-corrected chi connectivity index (χ2v) is 5.32.